The summed E-state index contributed by atoms with van der Waals surface area (Å²) in [5, 5.41) is 11.3. The molecule has 0 saturated carbocycles. The van der Waals surface area contributed by atoms with E-state index in [1.54, 1.807) is 12.1 Å². The molecule has 4 nitrogen and oxygen atoms in total. The maximum absolute atomic E-state index is 10.6. The minimum absolute atomic E-state index is 0.0596. The van der Waals surface area contributed by atoms with Gasteiger partial charge in [-0.15, -0.1) is 0 Å². The number of hydrogen-bond donors (Lipinski definition) is 1. The normalized spacial score (nSPS) is 8.92. The molecule has 13 heavy (non-hydrogen) atoms. The molecule has 1 N–H and O–H groups in total. The number of aromatic nitrogens is 1. The van der Waals surface area contributed by atoms with Crippen molar-refractivity contribution in [3.8, 4) is 6.07 Å². The van der Waals surface area contributed by atoms with Crippen LogP contribution in [0.4, 0.5) is 5.69 Å². The van der Waals surface area contributed by atoms with Crippen molar-refractivity contribution in [3.63, 3.8) is 0 Å². The number of carbonyl (C=O) groups excluding carboxylic acids is 1. The van der Waals surface area contributed by atoms with Gasteiger partial charge in [-0.2, -0.15) is 5.26 Å². The summed E-state index contributed by atoms with van der Waals surface area (Å²) in [6.45, 7) is 1.79. The number of pyridine rings is 1. The molecule has 0 aromatic carbocycles. The molecule has 66 valence electrons. The Morgan fingerprint density at radius 3 is 2.92 bits per heavy atom. The van der Waals surface area contributed by atoms with Crippen molar-refractivity contribution in [2.45, 2.75) is 6.92 Å². The first-order valence-corrected chi connectivity index (χ1v) is 3.82. The van der Waals surface area contributed by atoms with Gasteiger partial charge in [-0.25, -0.2) is 4.98 Å². The van der Waals surface area contributed by atoms with Crippen LogP contribution in [0.3, 0.4) is 0 Å². The Labute approximate surface area is 76.2 Å². The average molecular weight is 175 g/mol. The summed E-state index contributed by atoms with van der Waals surface area (Å²) in [5.74, 6) is 0.0596. The number of nitrogens with zero attached hydrogens (tertiary/aromatic N) is 2. The van der Waals surface area contributed by atoms with Gasteiger partial charge >= 0.3 is 0 Å². The largest absolute Gasteiger partial charge is 0.377 e. The lowest BCUT2D eigenvalue weighted by Crippen LogP contribution is -2.09. The van der Waals surface area contributed by atoms with E-state index in [4.69, 9.17) is 5.26 Å². The van der Waals surface area contributed by atoms with Gasteiger partial charge < -0.3 is 5.32 Å². The Kier molecular flexibility index (Phi) is 2.98. The molecule has 4 heteroatoms. The van der Waals surface area contributed by atoms with Crippen LogP contribution < -0.4 is 5.32 Å². The zero-order chi connectivity index (χ0) is 9.68. The highest BCUT2D eigenvalue weighted by Gasteiger charge is 1.95. The smallest absolute Gasteiger partial charge is 0.148 e. The first-order chi connectivity index (χ1) is 6.22. The number of carbonyl (C=O) groups is 1. The van der Waals surface area contributed by atoms with E-state index >= 15 is 0 Å². The number of ketones is 1. The molecule has 0 atom stereocenters. The summed E-state index contributed by atoms with van der Waals surface area (Å²) >= 11 is 0. The molecular weight excluding hydrogens is 166 g/mol. The molecule has 0 saturated heterocycles. The van der Waals surface area contributed by atoms with Gasteiger partial charge in [0.2, 0.25) is 0 Å². The third-order valence-electron chi connectivity index (χ3n) is 1.42. The molecule has 0 aliphatic rings. The molecule has 0 unspecified atom stereocenters. The van der Waals surface area contributed by atoms with Crippen molar-refractivity contribution in [2.75, 3.05) is 11.9 Å². The zero-order valence-corrected chi connectivity index (χ0v) is 7.24. The molecule has 0 amide bonds. The van der Waals surface area contributed by atoms with Crippen LogP contribution in [0.5, 0.6) is 0 Å². The molecular formula is C9H9N3O. The molecule has 1 aromatic heterocycles. The Hall–Kier alpha value is -1.89. The van der Waals surface area contributed by atoms with E-state index in [1.807, 2.05) is 6.07 Å². The van der Waals surface area contributed by atoms with E-state index in [0.29, 0.717) is 5.69 Å². The standard InChI is InChI=1S/C9H9N3O/c1-7(13)5-11-9-3-2-8(4-10)12-6-9/h2-3,6,11H,5H2,1H3. The van der Waals surface area contributed by atoms with Gasteiger partial charge in [0.1, 0.15) is 17.5 Å². The number of Topliss-reactive ketones (excluding diaryl/α,β-unsaturated/α-hetero) is 1. The quantitative estimate of drug-likeness (QED) is 0.742. The SMILES string of the molecule is CC(=O)CNc1ccc(C#N)nc1. The van der Waals surface area contributed by atoms with E-state index in [2.05, 4.69) is 10.3 Å². The second-order valence-corrected chi connectivity index (χ2v) is 2.60. The van der Waals surface area contributed by atoms with E-state index in [9.17, 15) is 4.79 Å². The summed E-state index contributed by atoms with van der Waals surface area (Å²) in [5.41, 5.74) is 1.11. The predicted molar refractivity (Wildman–Crippen MR) is 48.1 cm³/mol. The highest BCUT2D eigenvalue weighted by molar-refractivity contribution is 5.80. The van der Waals surface area contributed by atoms with Gasteiger partial charge in [-0.05, 0) is 19.1 Å². The lowest BCUT2D eigenvalue weighted by Gasteiger charge is -2.01. The van der Waals surface area contributed by atoms with E-state index in [1.165, 1.54) is 13.1 Å². The fraction of sp³-hybridized carbons (Fsp3) is 0.222. The van der Waals surface area contributed by atoms with Gasteiger partial charge in [-0.3, -0.25) is 4.79 Å². The van der Waals surface area contributed by atoms with Crippen molar-refractivity contribution in [3.05, 3.63) is 24.0 Å². The van der Waals surface area contributed by atoms with Gasteiger partial charge in [0.15, 0.2) is 0 Å². The van der Waals surface area contributed by atoms with Gasteiger partial charge in [-0.1, -0.05) is 0 Å². The lowest BCUT2D eigenvalue weighted by atomic mass is 10.3. The summed E-state index contributed by atoms with van der Waals surface area (Å²) in [6.07, 6.45) is 1.53. The molecule has 0 bridgehead atoms. The molecule has 1 rings (SSSR count). The summed E-state index contributed by atoms with van der Waals surface area (Å²) in [6, 6.07) is 5.23. The molecule has 0 radical (unpaired) electrons. The minimum Gasteiger partial charge on any atom is -0.377 e. The van der Waals surface area contributed by atoms with Crippen LogP contribution in [0.25, 0.3) is 0 Å². The second kappa shape index (κ2) is 4.21. The Bertz CT molecular complexity index is 337. The number of nitriles is 1. The number of rotatable bonds is 3. The van der Waals surface area contributed by atoms with Crippen molar-refractivity contribution < 1.29 is 4.79 Å². The van der Waals surface area contributed by atoms with E-state index < -0.39 is 0 Å². The molecule has 1 heterocycles. The fourth-order valence-electron chi connectivity index (χ4n) is 0.791. The minimum atomic E-state index is 0.0596. The Balaban J connectivity index is 2.60. The van der Waals surface area contributed by atoms with Crippen LogP contribution in [-0.2, 0) is 4.79 Å². The van der Waals surface area contributed by atoms with Crippen molar-refractivity contribution in [2.24, 2.45) is 0 Å². The summed E-state index contributed by atoms with van der Waals surface area (Å²) < 4.78 is 0. The predicted octanol–water partition coefficient (Wildman–Crippen LogP) is 0.954. The monoisotopic (exact) mass is 175 g/mol. The van der Waals surface area contributed by atoms with Crippen LogP contribution in [0, 0.1) is 11.3 Å². The van der Waals surface area contributed by atoms with Crippen LogP contribution in [0.1, 0.15) is 12.6 Å². The zero-order valence-electron chi connectivity index (χ0n) is 7.24. The van der Waals surface area contributed by atoms with Crippen molar-refractivity contribution >= 4 is 11.5 Å². The van der Waals surface area contributed by atoms with Crippen LogP contribution >= 0.6 is 0 Å². The van der Waals surface area contributed by atoms with Crippen molar-refractivity contribution in [1.82, 2.24) is 4.98 Å². The third-order valence-corrected chi connectivity index (χ3v) is 1.42. The first kappa shape index (κ1) is 9.20. The summed E-state index contributed by atoms with van der Waals surface area (Å²) in [7, 11) is 0. The van der Waals surface area contributed by atoms with Crippen LogP contribution in [-0.4, -0.2) is 17.3 Å². The topological polar surface area (TPSA) is 65.8 Å². The number of nitrogens with one attached hydrogen (secondary N) is 1. The molecule has 0 spiro atoms. The fourth-order valence-corrected chi connectivity index (χ4v) is 0.791. The van der Waals surface area contributed by atoms with Crippen LogP contribution in [0.2, 0.25) is 0 Å². The number of anilines is 1. The van der Waals surface area contributed by atoms with Gasteiger partial charge in [0, 0.05) is 0 Å². The maximum atomic E-state index is 10.6. The Morgan fingerprint density at radius 1 is 1.69 bits per heavy atom. The molecule has 0 aliphatic carbocycles. The molecule has 0 fully saturated rings. The van der Waals surface area contributed by atoms with E-state index in [-0.39, 0.29) is 12.3 Å². The second-order valence-electron chi connectivity index (χ2n) is 2.60. The highest BCUT2D eigenvalue weighted by Crippen LogP contribution is 2.04. The van der Waals surface area contributed by atoms with Crippen molar-refractivity contribution in [1.29, 1.82) is 5.26 Å². The lowest BCUT2D eigenvalue weighted by molar-refractivity contribution is -0.115. The van der Waals surface area contributed by atoms with E-state index in [0.717, 1.165) is 5.69 Å². The number of hydrogen-bond acceptors (Lipinski definition) is 4. The van der Waals surface area contributed by atoms with Gasteiger partial charge in [0.25, 0.3) is 0 Å². The highest BCUT2D eigenvalue weighted by atomic mass is 16.1. The van der Waals surface area contributed by atoms with Gasteiger partial charge in [0.05, 0.1) is 18.4 Å². The molecule has 1 aromatic rings. The third kappa shape index (κ3) is 2.91. The molecule has 0 aliphatic heterocycles. The summed E-state index contributed by atoms with van der Waals surface area (Å²) in [4.78, 5) is 14.4. The first-order valence-electron chi connectivity index (χ1n) is 3.82. The maximum Gasteiger partial charge on any atom is 0.148 e. The average Bonchev–Trinajstić information content (AvgIpc) is 2.15. The van der Waals surface area contributed by atoms with Crippen LogP contribution in [0.15, 0.2) is 18.3 Å². The Morgan fingerprint density at radius 2 is 2.46 bits per heavy atom.